The summed E-state index contributed by atoms with van der Waals surface area (Å²) in [7, 11) is 0. The first-order valence-corrected chi connectivity index (χ1v) is 7.54. The van der Waals surface area contributed by atoms with Gasteiger partial charge in [0, 0.05) is 22.9 Å². The number of hydrogen-bond acceptors (Lipinski definition) is 3. The molecule has 1 heterocycles. The molecule has 4 heteroatoms. The number of amides is 1. The molecule has 1 atom stereocenters. The van der Waals surface area contributed by atoms with E-state index in [0.717, 1.165) is 34.7 Å². The molecule has 3 N–H and O–H groups in total. The Bertz CT molecular complexity index is 525. The van der Waals surface area contributed by atoms with Crippen LogP contribution in [0.3, 0.4) is 0 Å². The molecule has 0 radical (unpaired) electrons. The number of carbonyl (C=O) groups excluding carboxylic acids is 1. The Morgan fingerprint density at radius 1 is 1.58 bits per heavy atom. The van der Waals surface area contributed by atoms with Gasteiger partial charge in [0.2, 0.25) is 5.91 Å². The standard InChI is InChI=1S/C15H18N2OS/c1-11-9-14(5-4-12(11)3-2-7-16)17-15(18)13-6-8-19-10-13/h4-5,9,13H,6-8,10,16H2,1H3,(H,17,18). The fraction of sp³-hybridized carbons (Fsp3) is 0.400. The molecule has 1 fully saturated rings. The summed E-state index contributed by atoms with van der Waals surface area (Å²) in [4.78, 5) is 12.0. The number of nitrogens with one attached hydrogen (secondary N) is 1. The number of anilines is 1. The Balaban J connectivity index is 2.05. The van der Waals surface area contributed by atoms with Gasteiger partial charge >= 0.3 is 0 Å². The second kappa shape index (κ2) is 6.65. The molecule has 1 unspecified atom stereocenters. The van der Waals surface area contributed by atoms with Crippen LogP contribution >= 0.6 is 11.8 Å². The third kappa shape index (κ3) is 3.76. The summed E-state index contributed by atoms with van der Waals surface area (Å²) < 4.78 is 0. The van der Waals surface area contributed by atoms with E-state index in [0.29, 0.717) is 6.54 Å². The number of carbonyl (C=O) groups is 1. The van der Waals surface area contributed by atoms with Crippen LogP contribution in [-0.2, 0) is 4.79 Å². The number of benzene rings is 1. The van der Waals surface area contributed by atoms with Crippen molar-refractivity contribution in [2.75, 3.05) is 23.4 Å². The SMILES string of the molecule is Cc1cc(NC(=O)C2CCSC2)ccc1C#CCN. The van der Waals surface area contributed by atoms with Gasteiger partial charge in [-0.2, -0.15) is 11.8 Å². The third-order valence-corrected chi connectivity index (χ3v) is 4.28. The van der Waals surface area contributed by atoms with Crippen molar-refractivity contribution in [2.24, 2.45) is 11.7 Å². The lowest BCUT2D eigenvalue weighted by Gasteiger charge is -2.11. The second-order valence-corrected chi connectivity index (χ2v) is 5.74. The van der Waals surface area contributed by atoms with Gasteiger partial charge in [0.1, 0.15) is 0 Å². The molecule has 100 valence electrons. The van der Waals surface area contributed by atoms with Crippen LogP contribution in [0.5, 0.6) is 0 Å². The molecule has 1 amide bonds. The van der Waals surface area contributed by atoms with Crippen molar-refractivity contribution < 1.29 is 4.79 Å². The highest BCUT2D eigenvalue weighted by Crippen LogP contribution is 2.25. The van der Waals surface area contributed by atoms with Crippen molar-refractivity contribution in [3.63, 3.8) is 0 Å². The van der Waals surface area contributed by atoms with Crippen molar-refractivity contribution in [1.29, 1.82) is 0 Å². The molecular weight excluding hydrogens is 256 g/mol. The maximum atomic E-state index is 12.0. The fourth-order valence-electron chi connectivity index (χ4n) is 2.01. The molecule has 1 aliphatic heterocycles. The van der Waals surface area contributed by atoms with Crippen molar-refractivity contribution >= 4 is 23.4 Å². The van der Waals surface area contributed by atoms with Crippen LogP contribution in [0.25, 0.3) is 0 Å². The summed E-state index contributed by atoms with van der Waals surface area (Å²) in [5.41, 5.74) is 8.22. The average Bonchev–Trinajstić information content (AvgIpc) is 2.92. The van der Waals surface area contributed by atoms with Crippen LogP contribution in [0.15, 0.2) is 18.2 Å². The minimum absolute atomic E-state index is 0.130. The second-order valence-electron chi connectivity index (χ2n) is 4.59. The van der Waals surface area contributed by atoms with Crippen molar-refractivity contribution in [3.05, 3.63) is 29.3 Å². The van der Waals surface area contributed by atoms with Gasteiger partial charge in [0.15, 0.2) is 0 Å². The number of hydrogen-bond donors (Lipinski definition) is 2. The number of thioether (sulfide) groups is 1. The zero-order valence-electron chi connectivity index (χ0n) is 11.0. The molecule has 0 saturated carbocycles. The zero-order chi connectivity index (χ0) is 13.7. The Morgan fingerprint density at radius 3 is 3.05 bits per heavy atom. The van der Waals surface area contributed by atoms with E-state index < -0.39 is 0 Å². The van der Waals surface area contributed by atoms with E-state index in [1.807, 2.05) is 36.9 Å². The van der Waals surface area contributed by atoms with Crippen LogP contribution < -0.4 is 11.1 Å². The topological polar surface area (TPSA) is 55.1 Å². The first-order valence-electron chi connectivity index (χ1n) is 6.39. The van der Waals surface area contributed by atoms with E-state index in [-0.39, 0.29) is 11.8 Å². The van der Waals surface area contributed by atoms with Gasteiger partial charge in [-0.1, -0.05) is 11.8 Å². The molecule has 0 aliphatic carbocycles. The maximum absolute atomic E-state index is 12.0. The lowest BCUT2D eigenvalue weighted by atomic mass is 10.1. The largest absolute Gasteiger partial charge is 0.326 e. The molecule has 2 rings (SSSR count). The Hall–Kier alpha value is -1.44. The van der Waals surface area contributed by atoms with E-state index in [2.05, 4.69) is 17.2 Å². The lowest BCUT2D eigenvalue weighted by molar-refractivity contribution is -0.119. The third-order valence-electron chi connectivity index (χ3n) is 3.12. The van der Waals surface area contributed by atoms with Crippen LogP contribution in [0.4, 0.5) is 5.69 Å². The Labute approximate surface area is 118 Å². The average molecular weight is 274 g/mol. The van der Waals surface area contributed by atoms with Gasteiger partial charge in [-0.25, -0.2) is 0 Å². The Kier molecular flexibility index (Phi) is 4.89. The van der Waals surface area contributed by atoms with Crippen LogP contribution in [0.2, 0.25) is 0 Å². The summed E-state index contributed by atoms with van der Waals surface area (Å²) in [5, 5.41) is 2.98. The number of nitrogens with two attached hydrogens (primary N) is 1. The minimum atomic E-state index is 0.130. The van der Waals surface area contributed by atoms with E-state index in [9.17, 15) is 4.79 Å². The van der Waals surface area contributed by atoms with Crippen LogP contribution in [-0.4, -0.2) is 24.0 Å². The van der Waals surface area contributed by atoms with Crippen LogP contribution in [0, 0.1) is 24.7 Å². The monoisotopic (exact) mass is 274 g/mol. The van der Waals surface area contributed by atoms with Crippen LogP contribution in [0.1, 0.15) is 17.5 Å². The first-order chi connectivity index (χ1) is 9.20. The van der Waals surface area contributed by atoms with E-state index in [1.165, 1.54) is 0 Å². The summed E-state index contributed by atoms with van der Waals surface area (Å²) in [6.45, 7) is 2.35. The minimum Gasteiger partial charge on any atom is -0.326 e. The van der Waals surface area contributed by atoms with E-state index in [4.69, 9.17) is 5.73 Å². The molecule has 1 aromatic rings. The normalized spacial score (nSPS) is 17.7. The van der Waals surface area contributed by atoms with Gasteiger partial charge in [-0.05, 0) is 42.9 Å². The maximum Gasteiger partial charge on any atom is 0.228 e. The molecule has 0 bridgehead atoms. The van der Waals surface area contributed by atoms with Crippen molar-refractivity contribution in [1.82, 2.24) is 0 Å². The summed E-state index contributed by atoms with van der Waals surface area (Å²) in [5.74, 6) is 8.16. The molecule has 19 heavy (non-hydrogen) atoms. The Morgan fingerprint density at radius 2 is 2.42 bits per heavy atom. The number of rotatable bonds is 2. The summed E-state index contributed by atoms with van der Waals surface area (Å²) in [6.07, 6.45) is 0.982. The summed E-state index contributed by atoms with van der Waals surface area (Å²) in [6, 6.07) is 5.78. The highest BCUT2D eigenvalue weighted by atomic mass is 32.2. The first kappa shape index (κ1) is 14.0. The zero-order valence-corrected chi connectivity index (χ0v) is 11.8. The number of aryl methyl sites for hydroxylation is 1. The molecule has 0 spiro atoms. The molecular formula is C15H18N2OS. The predicted molar refractivity (Wildman–Crippen MR) is 81.2 cm³/mol. The van der Waals surface area contributed by atoms with Gasteiger partial charge < -0.3 is 11.1 Å². The highest BCUT2D eigenvalue weighted by Gasteiger charge is 2.23. The highest BCUT2D eigenvalue weighted by molar-refractivity contribution is 7.99. The predicted octanol–water partition coefficient (Wildman–Crippen LogP) is 2.00. The van der Waals surface area contributed by atoms with Gasteiger partial charge in [-0.15, -0.1) is 0 Å². The van der Waals surface area contributed by atoms with Crippen molar-refractivity contribution in [3.8, 4) is 11.8 Å². The van der Waals surface area contributed by atoms with E-state index >= 15 is 0 Å². The van der Waals surface area contributed by atoms with Gasteiger partial charge in [-0.3, -0.25) is 4.79 Å². The quantitative estimate of drug-likeness (QED) is 0.811. The molecule has 1 aliphatic rings. The van der Waals surface area contributed by atoms with E-state index in [1.54, 1.807) is 0 Å². The lowest BCUT2D eigenvalue weighted by Crippen LogP contribution is -2.22. The smallest absolute Gasteiger partial charge is 0.228 e. The fourth-order valence-corrected chi connectivity index (χ4v) is 3.23. The molecule has 0 aromatic heterocycles. The molecule has 1 saturated heterocycles. The summed E-state index contributed by atoms with van der Waals surface area (Å²) >= 11 is 1.84. The van der Waals surface area contributed by atoms with Crippen molar-refractivity contribution in [2.45, 2.75) is 13.3 Å². The van der Waals surface area contributed by atoms with Gasteiger partial charge in [0.25, 0.3) is 0 Å². The van der Waals surface area contributed by atoms with Gasteiger partial charge in [0.05, 0.1) is 6.54 Å². The molecule has 1 aromatic carbocycles. The molecule has 3 nitrogen and oxygen atoms in total.